The van der Waals surface area contributed by atoms with E-state index in [2.05, 4.69) is 5.10 Å². The quantitative estimate of drug-likeness (QED) is 0.419. The zero-order valence-corrected chi connectivity index (χ0v) is 20.1. The molecular formula is C24H27N4NaO4S. The van der Waals surface area contributed by atoms with Crippen molar-refractivity contribution in [2.24, 2.45) is 13.0 Å². The number of benzene rings is 1. The molecular weight excluding hydrogens is 463 g/mol. The van der Waals surface area contributed by atoms with Gasteiger partial charge in [0, 0.05) is 36.1 Å². The Bertz CT molecular complexity index is 1500. The van der Waals surface area contributed by atoms with E-state index in [1.807, 2.05) is 62.7 Å². The molecule has 0 bridgehead atoms. The van der Waals surface area contributed by atoms with Crippen molar-refractivity contribution >= 4 is 57.1 Å². The van der Waals surface area contributed by atoms with Crippen molar-refractivity contribution in [2.75, 3.05) is 0 Å². The number of para-hydroxylation sites is 1. The van der Waals surface area contributed by atoms with E-state index in [4.69, 9.17) is 0 Å². The van der Waals surface area contributed by atoms with Crippen LogP contribution >= 0.6 is 11.3 Å². The first kappa shape index (κ1) is 26.2. The van der Waals surface area contributed by atoms with Crippen LogP contribution in [0.5, 0.6) is 0 Å². The summed E-state index contributed by atoms with van der Waals surface area (Å²) in [6, 6.07) is 9.72. The van der Waals surface area contributed by atoms with E-state index in [0.29, 0.717) is 22.7 Å². The summed E-state index contributed by atoms with van der Waals surface area (Å²) in [6.45, 7) is 8.18. The van der Waals surface area contributed by atoms with Crippen molar-refractivity contribution in [3.63, 3.8) is 0 Å². The average molecular weight is 491 g/mol. The Kier molecular flexibility index (Phi) is 7.72. The van der Waals surface area contributed by atoms with Crippen LogP contribution in [0.4, 0.5) is 0 Å². The molecule has 0 fully saturated rings. The van der Waals surface area contributed by atoms with Gasteiger partial charge in [-0.2, -0.15) is 5.10 Å². The SMILES string of the molecule is Cc1nn(-c2ccccc2)c(C)c1Cc1sc2c(c1C(=O)O)c(=O)n(C)c(=O)n2CC(C)C.[NaH]. The van der Waals surface area contributed by atoms with Crippen LogP contribution in [0.25, 0.3) is 15.9 Å². The van der Waals surface area contributed by atoms with Crippen LogP contribution in [0.15, 0.2) is 39.9 Å². The fraction of sp³-hybridized carbons (Fsp3) is 0.333. The second-order valence-electron chi connectivity index (χ2n) is 8.61. The maximum atomic E-state index is 13.0. The molecule has 0 atom stereocenters. The fourth-order valence-corrected chi connectivity index (χ4v) is 5.46. The monoisotopic (exact) mass is 490 g/mol. The van der Waals surface area contributed by atoms with Gasteiger partial charge in [-0.3, -0.25) is 13.9 Å². The zero-order chi connectivity index (χ0) is 24.0. The molecule has 0 radical (unpaired) electrons. The third kappa shape index (κ3) is 4.45. The maximum absolute atomic E-state index is 13.0. The van der Waals surface area contributed by atoms with E-state index in [1.165, 1.54) is 23.0 Å². The van der Waals surface area contributed by atoms with Gasteiger partial charge in [-0.1, -0.05) is 32.0 Å². The topological polar surface area (TPSA) is 99.1 Å². The molecule has 0 amide bonds. The molecule has 3 aromatic heterocycles. The van der Waals surface area contributed by atoms with Gasteiger partial charge >= 0.3 is 41.2 Å². The molecule has 1 aromatic carbocycles. The number of rotatable bonds is 6. The number of hydrogen-bond donors (Lipinski definition) is 1. The summed E-state index contributed by atoms with van der Waals surface area (Å²) in [5, 5.41) is 14.8. The zero-order valence-electron chi connectivity index (χ0n) is 19.2. The van der Waals surface area contributed by atoms with Crippen molar-refractivity contribution in [3.05, 3.63) is 78.6 Å². The number of carbonyl (C=O) groups is 1. The molecule has 8 nitrogen and oxygen atoms in total. The molecule has 174 valence electrons. The molecule has 0 aliphatic rings. The van der Waals surface area contributed by atoms with Crippen molar-refractivity contribution in [1.82, 2.24) is 18.9 Å². The van der Waals surface area contributed by atoms with Gasteiger partial charge in [-0.25, -0.2) is 14.3 Å². The predicted octanol–water partition coefficient (Wildman–Crippen LogP) is 2.86. The Morgan fingerprint density at radius 3 is 2.38 bits per heavy atom. The Labute approximate surface area is 222 Å². The third-order valence-corrected chi connectivity index (χ3v) is 7.00. The van der Waals surface area contributed by atoms with E-state index in [-0.39, 0.29) is 46.4 Å². The van der Waals surface area contributed by atoms with Gasteiger partial charge in [-0.15, -0.1) is 11.3 Å². The third-order valence-electron chi connectivity index (χ3n) is 5.78. The molecule has 34 heavy (non-hydrogen) atoms. The summed E-state index contributed by atoms with van der Waals surface area (Å²) in [7, 11) is 1.39. The Morgan fingerprint density at radius 2 is 1.79 bits per heavy atom. The van der Waals surface area contributed by atoms with Crippen molar-refractivity contribution < 1.29 is 9.90 Å². The summed E-state index contributed by atoms with van der Waals surface area (Å²) in [4.78, 5) is 39.1. The molecule has 4 rings (SSSR count). The van der Waals surface area contributed by atoms with Crippen molar-refractivity contribution in [2.45, 2.75) is 40.7 Å². The number of nitrogens with zero attached hydrogens (tertiary/aromatic N) is 4. The van der Waals surface area contributed by atoms with E-state index in [1.54, 1.807) is 0 Å². The van der Waals surface area contributed by atoms with E-state index >= 15 is 0 Å². The van der Waals surface area contributed by atoms with Gasteiger partial charge in [-0.05, 0) is 31.9 Å². The van der Waals surface area contributed by atoms with E-state index in [0.717, 1.165) is 27.2 Å². The van der Waals surface area contributed by atoms with Crippen LogP contribution in [0, 0.1) is 19.8 Å². The first-order valence-electron chi connectivity index (χ1n) is 10.7. The van der Waals surface area contributed by atoms with Crippen LogP contribution in [-0.2, 0) is 20.0 Å². The second-order valence-corrected chi connectivity index (χ2v) is 9.69. The van der Waals surface area contributed by atoms with Crippen LogP contribution in [0.1, 0.15) is 46.0 Å². The summed E-state index contributed by atoms with van der Waals surface area (Å²) in [5.74, 6) is -1.02. The van der Waals surface area contributed by atoms with Gasteiger partial charge in [0.2, 0.25) is 0 Å². The second kappa shape index (κ2) is 10.0. The molecule has 0 spiro atoms. The molecule has 0 aliphatic carbocycles. The van der Waals surface area contributed by atoms with Crippen LogP contribution in [0.2, 0.25) is 0 Å². The number of thiophene rings is 1. The number of aromatic carboxylic acids is 1. The van der Waals surface area contributed by atoms with E-state index < -0.39 is 17.2 Å². The van der Waals surface area contributed by atoms with Gasteiger partial charge in [0.1, 0.15) is 4.83 Å². The number of carboxylic acid groups (broad SMARTS) is 1. The van der Waals surface area contributed by atoms with Gasteiger partial charge in [0.05, 0.1) is 22.3 Å². The predicted molar refractivity (Wildman–Crippen MR) is 136 cm³/mol. The Morgan fingerprint density at radius 1 is 1.15 bits per heavy atom. The summed E-state index contributed by atoms with van der Waals surface area (Å²) < 4.78 is 4.36. The first-order chi connectivity index (χ1) is 15.6. The summed E-state index contributed by atoms with van der Waals surface area (Å²) in [5.41, 5.74) is 2.47. The summed E-state index contributed by atoms with van der Waals surface area (Å²) in [6.07, 6.45) is 0.310. The number of aromatic nitrogens is 4. The molecule has 0 saturated carbocycles. The number of aryl methyl sites for hydroxylation is 1. The Balaban J connectivity index is 0.00000324. The number of fused-ring (bicyclic) bond motifs is 1. The number of hydrogen-bond acceptors (Lipinski definition) is 5. The van der Waals surface area contributed by atoms with Gasteiger partial charge in [0.15, 0.2) is 0 Å². The molecule has 10 heteroatoms. The molecule has 0 saturated heterocycles. The molecule has 4 aromatic rings. The minimum absolute atomic E-state index is 0. The molecule has 3 heterocycles. The standard InChI is InChI=1S/C24H26N4O4S.Na.H/c1-13(2)12-27-22-20(21(29)26(5)24(27)32)19(23(30)31)18(33-22)11-17-14(3)25-28(15(17)4)16-9-7-6-8-10-16;;/h6-10,13H,11-12H2,1-5H3,(H,30,31);;. The first-order valence-corrected chi connectivity index (χ1v) is 11.5. The normalized spacial score (nSPS) is 11.2. The minimum atomic E-state index is -1.17. The van der Waals surface area contributed by atoms with Crippen LogP contribution in [-0.4, -0.2) is 59.5 Å². The van der Waals surface area contributed by atoms with Crippen molar-refractivity contribution in [3.8, 4) is 5.69 Å². The Hall–Kier alpha value is -2.46. The fourth-order valence-electron chi connectivity index (χ4n) is 4.16. The van der Waals surface area contributed by atoms with Gasteiger partial charge in [0.25, 0.3) is 5.56 Å². The van der Waals surface area contributed by atoms with E-state index in [9.17, 15) is 19.5 Å². The van der Waals surface area contributed by atoms with Crippen LogP contribution < -0.4 is 11.2 Å². The molecule has 0 aliphatic heterocycles. The van der Waals surface area contributed by atoms with Gasteiger partial charge < -0.3 is 5.11 Å². The average Bonchev–Trinajstić information content (AvgIpc) is 3.29. The van der Waals surface area contributed by atoms with Crippen molar-refractivity contribution in [1.29, 1.82) is 0 Å². The van der Waals surface area contributed by atoms with Crippen LogP contribution in [0.3, 0.4) is 0 Å². The molecule has 0 unspecified atom stereocenters. The number of carboxylic acids is 1. The molecule has 1 N–H and O–H groups in total. The summed E-state index contributed by atoms with van der Waals surface area (Å²) >= 11 is 1.21.